The minimum absolute atomic E-state index is 0.160. The standard InChI is InChI=1S/C17H26N4O2/c1-3-15-18-5-7-21(15)6-4-17(23)20(2)14-8-12-10-16(22)19-11-13(12)9-14/h5,7,12-14H,3-4,6,8-11H2,1-2H3,(H,19,22)/t12-,13+,14-/m0/s1. The molecule has 23 heavy (non-hydrogen) atoms. The summed E-state index contributed by atoms with van der Waals surface area (Å²) in [5, 5.41) is 2.95. The Morgan fingerprint density at radius 3 is 3.00 bits per heavy atom. The van der Waals surface area contributed by atoms with Gasteiger partial charge in [-0.15, -0.1) is 0 Å². The van der Waals surface area contributed by atoms with Crippen LogP contribution in [0.5, 0.6) is 0 Å². The van der Waals surface area contributed by atoms with Crippen LogP contribution < -0.4 is 5.32 Å². The summed E-state index contributed by atoms with van der Waals surface area (Å²) in [4.78, 5) is 30.2. The molecule has 2 heterocycles. The summed E-state index contributed by atoms with van der Waals surface area (Å²) in [6.07, 6.45) is 7.71. The highest BCUT2D eigenvalue weighted by Crippen LogP contribution is 2.38. The van der Waals surface area contributed by atoms with Crippen molar-refractivity contribution in [2.75, 3.05) is 13.6 Å². The van der Waals surface area contributed by atoms with Gasteiger partial charge in [-0.2, -0.15) is 0 Å². The maximum atomic E-state index is 12.5. The van der Waals surface area contributed by atoms with E-state index in [4.69, 9.17) is 0 Å². The molecule has 1 aliphatic carbocycles. The van der Waals surface area contributed by atoms with Gasteiger partial charge < -0.3 is 14.8 Å². The highest BCUT2D eigenvalue weighted by atomic mass is 16.2. The van der Waals surface area contributed by atoms with Crippen molar-refractivity contribution in [1.82, 2.24) is 19.8 Å². The van der Waals surface area contributed by atoms with E-state index in [0.717, 1.165) is 31.6 Å². The van der Waals surface area contributed by atoms with E-state index in [-0.39, 0.29) is 17.9 Å². The van der Waals surface area contributed by atoms with Gasteiger partial charge in [0, 0.05) is 57.8 Å². The molecule has 1 N–H and O–H groups in total. The van der Waals surface area contributed by atoms with Crippen LogP contribution in [0.25, 0.3) is 0 Å². The van der Waals surface area contributed by atoms with Gasteiger partial charge in [-0.1, -0.05) is 6.92 Å². The Balaban J connectivity index is 1.53. The molecular weight excluding hydrogens is 292 g/mol. The van der Waals surface area contributed by atoms with Gasteiger partial charge >= 0.3 is 0 Å². The molecule has 126 valence electrons. The number of hydrogen-bond donors (Lipinski definition) is 1. The minimum atomic E-state index is 0.160. The van der Waals surface area contributed by atoms with Crippen molar-refractivity contribution in [3.05, 3.63) is 18.2 Å². The van der Waals surface area contributed by atoms with Gasteiger partial charge in [0.1, 0.15) is 5.82 Å². The van der Waals surface area contributed by atoms with E-state index < -0.39 is 0 Å². The van der Waals surface area contributed by atoms with Crippen LogP contribution in [0, 0.1) is 11.8 Å². The first-order valence-corrected chi connectivity index (χ1v) is 8.60. The van der Waals surface area contributed by atoms with Crippen molar-refractivity contribution in [2.45, 2.75) is 51.6 Å². The summed E-state index contributed by atoms with van der Waals surface area (Å²) in [5.41, 5.74) is 0. The SMILES string of the molecule is CCc1nccn1CCC(=O)N(C)[C@H]1C[C@H]2CC(=O)NC[C@H]2C1. The van der Waals surface area contributed by atoms with E-state index in [2.05, 4.69) is 21.8 Å². The number of imidazole rings is 1. The maximum Gasteiger partial charge on any atom is 0.224 e. The van der Waals surface area contributed by atoms with E-state index in [1.54, 1.807) is 6.20 Å². The summed E-state index contributed by atoms with van der Waals surface area (Å²) in [6.45, 7) is 3.53. The number of aromatic nitrogens is 2. The van der Waals surface area contributed by atoms with Gasteiger partial charge in [-0.3, -0.25) is 9.59 Å². The number of carbonyl (C=O) groups excluding carboxylic acids is 2. The average molecular weight is 318 g/mol. The number of nitrogens with zero attached hydrogens (tertiary/aromatic N) is 3. The van der Waals surface area contributed by atoms with Gasteiger partial charge in [0.2, 0.25) is 11.8 Å². The predicted octanol–water partition coefficient (Wildman–Crippen LogP) is 1.21. The second kappa shape index (κ2) is 6.72. The third-order valence-electron chi connectivity index (χ3n) is 5.45. The van der Waals surface area contributed by atoms with E-state index in [1.165, 1.54) is 0 Å². The molecule has 0 aromatic carbocycles. The normalized spacial score (nSPS) is 26.7. The van der Waals surface area contributed by atoms with Crippen LogP contribution >= 0.6 is 0 Å². The smallest absolute Gasteiger partial charge is 0.224 e. The first kappa shape index (κ1) is 16.0. The fourth-order valence-corrected chi connectivity index (χ4v) is 4.01. The lowest BCUT2D eigenvalue weighted by Gasteiger charge is -2.25. The molecule has 2 aliphatic rings. The molecule has 1 aromatic rings. The van der Waals surface area contributed by atoms with Crippen LogP contribution in [-0.2, 0) is 22.6 Å². The van der Waals surface area contributed by atoms with Crippen LogP contribution in [0.1, 0.15) is 38.4 Å². The van der Waals surface area contributed by atoms with Crippen molar-refractivity contribution >= 4 is 11.8 Å². The molecule has 6 nitrogen and oxygen atoms in total. The zero-order chi connectivity index (χ0) is 16.4. The molecule has 1 aliphatic heterocycles. The molecule has 0 unspecified atom stereocenters. The fraction of sp³-hybridized carbons (Fsp3) is 0.706. The number of amides is 2. The van der Waals surface area contributed by atoms with Crippen molar-refractivity contribution < 1.29 is 9.59 Å². The average Bonchev–Trinajstić information content (AvgIpc) is 3.17. The Morgan fingerprint density at radius 2 is 2.22 bits per heavy atom. The number of piperidine rings is 1. The molecular formula is C17H26N4O2. The first-order chi connectivity index (χ1) is 11.1. The van der Waals surface area contributed by atoms with Gasteiger partial charge in [-0.05, 0) is 24.7 Å². The molecule has 3 rings (SSSR count). The molecule has 2 fully saturated rings. The molecule has 2 amide bonds. The fourth-order valence-electron chi connectivity index (χ4n) is 4.01. The topological polar surface area (TPSA) is 67.2 Å². The summed E-state index contributed by atoms with van der Waals surface area (Å²) in [5.74, 6) is 2.35. The molecule has 0 bridgehead atoms. The minimum Gasteiger partial charge on any atom is -0.356 e. The van der Waals surface area contributed by atoms with E-state index in [1.807, 2.05) is 18.1 Å². The predicted molar refractivity (Wildman–Crippen MR) is 86.6 cm³/mol. The number of carbonyl (C=O) groups is 2. The lowest BCUT2D eigenvalue weighted by Crippen LogP contribution is -2.38. The third-order valence-corrected chi connectivity index (χ3v) is 5.45. The monoisotopic (exact) mass is 318 g/mol. The molecule has 1 saturated heterocycles. The number of nitrogens with one attached hydrogen (secondary N) is 1. The zero-order valence-corrected chi connectivity index (χ0v) is 14.0. The van der Waals surface area contributed by atoms with Crippen LogP contribution in [0.4, 0.5) is 0 Å². The Bertz CT molecular complexity index is 583. The Kier molecular flexibility index (Phi) is 4.68. The third kappa shape index (κ3) is 3.41. The number of hydrogen-bond acceptors (Lipinski definition) is 3. The quantitative estimate of drug-likeness (QED) is 0.887. The molecule has 6 heteroatoms. The van der Waals surface area contributed by atoms with Gasteiger partial charge in [0.25, 0.3) is 0 Å². The number of rotatable bonds is 5. The molecule has 3 atom stereocenters. The number of aryl methyl sites for hydroxylation is 2. The summed E-state index contributed by atoms with van der Waals surface area (Å²) >= 11 is 0. The summed E-state index contributed by atoms with van der Waals surface area (Å²) < 4.78 is 2.06. The Labute approximate surface area is 137 Å². The highest BCUT2D eigenvalue weighted by molar-refractivity contribution is 5.77. The van der Waals surface area contributed by atoms with E-state index >= 15 is 0 Å². The first-order valence-electron chi connectivity index (χ1n) is 8.60. The van der Waals surface area contributed by atoms with Crippen molar-refractivity contribution in [2.24, 2.45) is 11.8 Å². The molecule has 0 spiro atoms. The van der Waals surface area contributed by atoms with Gasteiger partial charge in [0.15, 0.2) is 0 Å². The van der Waals surface area contributed by atoms with Crippen LogP contribution in [0.3, 0.4) is 0 Å². The van der Waals surface area contributed by atoms with Gasteiger partial charge in [0.05, 0.1) is 0 Å². The summed E-state index contributed by atoms with van der Waals surface area (Å²) in [7, 11) is 1.91. The van der Waals surface area contributed by atoms with Crippen LogP contribution in [-0.4, -0.2) is 45.9 Å². The van der Waals surface area contributed by atoms with Gasteiger partial charge in [-0.25, -0.2) is 4.98 Å². The zero-order valence-electron chi connectivity index (χ0n) is 14.0. The Hall–Kier alpha value is -1.85. The van der Waals surface area contributed by atoms with Crippen molar-refractivity contribution in [1.29, 1.82) is 0 Å². The van der Waals surface area contributed by atoms with E-state index in [0.29, 0.717) is 31.2 Å². The second-order valence-corrected chi connectivity index (χ2v) is 6.80. The van der Waals surface area contributed by atoms with Crippen molar-refractivity contribution in [3.8, 4) is 0 Å². The molecule has 1 saturated carbocycles. The largest absolute Gasteiger partial charge is 0.356 e. The molecule has 1 aromatic heterocycles. The highest BCUT2D eigenvalue weighted by Gasteiger charge is 2.40. The lowest BCUT2D eigenvalue weighted by molar-refractivity contribution is -0.132. The maximum absolute atomic E-state index is 12.5. The van der Waals surface area contributed by atoms with Crippen LogP contribution in [0.15, 0.2) is 12.4 Å². The van der Waals surface area contributed by atoms with Crippen LogP contribution in [0.2, 0.25) is 0 Å². The summed E-state index contributed by atoms with van der Waals surface area (Å²) in [6, 6.07) is 0.277. The van der Waals surface area contributed by atoms with E-state index in [9.17, 15) is 9.59 Å². The molecule has 0 radical (unpaired) electrons. The number of fused-ring (bicyclic) bond motifs is 1. The lowest BCUT2D eigenvalue weighted by atomic mass is 9.89. The second-order valence-electron chi connectivity index (χ2n) is 6.80. The Morgan fingerprint density at radius 1 is 1.43 bits per heavy atom. The van der Waals surface area contributed by atoms with Crippen molar-refractivity contribution in [3.63, 3.8) is 0 Å².